The highest BCUT2D eigenvalue weighted by Crippen LogP contribution is 2.19. The SMILES string of the molecule is CC(Nc1cncc(N)n1)c1nccs1. The molecule has 2 aromatic rings. The molecule has 0 aliphatic carbocycles. The Morgan fingerprint density at radius 1 is 1.47 bits per heavy atom. The topological polar surface area (TPSA) is 76.7 Å². The lowest BCUT2D eigenvalue weighted by Crippen LogP contribution is -2.08. The van der Waals surface area contributed by atoms with Crippen LogP contribution in [0.5, 0.6) is 0 Å². The molecule has 0 aliphatic heterocycles. The zero-order valence-corrected chi connectivity index (χ0v) is 9.03. The van der Waals surface area contributed by atoms with Gasteiger partial charge in [0.15, 0.2) is 0 Å². The number of aromatic nitrogens is 3. The van der Waals surface area contributed by atoms with Gasteiger partial charge >= 0.3 is 0 Å². The average molecular weight is 221 g/mol. The molecule has 5 nitrogen and oxygen atoms in total. The third kappa shape index (κ3) is 2.41. The second-order valence-corrected chi connectivity index (χ2v) is 3.99. The predicted molar refractivity (Wildman–Crippen MR) is 60.6 cm³/mol. The van der Waals surface area contributed by atoms with E-state index in [1.54, 1.807) is 23.7 Å². The third-order valence-corrected chi connectivity index (χ3v) is 2.80. The number of anilines is 2. The van der Waals surface area contributed by atoms with Crippen LogP contribution >= 0.6 is 11.3 Å². The molecule has 2 heterocycles. The summed E-state index contributed by atoms with van der Waals surface area (Å²) in [7, 11) is 0. The molecule has 0 saturated heterocycles. The minimum absolute atomic E-state index is 0.112. The highest BCUT2D eigenvalue weighted by molar-refractivity contribution is 7.09. The maximum absolute atomic E-state index is 5.53. The summed E-state index contributed by atoms with van der Waals surface area (Å²) < 4.78 is 0. The summed E-state index contributed by atoms with van der Waals surface area (Å²) in [6.45, 7) is 2.02. The van der Waals surface area contributed by atoms with Crippen LogP contribution in [0.25, 0.3) is 0 Å². The summed E-state index contributed by atoms with van der Waals surface area (Å²) in [6.07, 6.45) is 4.93. The molecule has 0 spiro atoms. The van der Waals surface area contributed by atoms with E-state index in [4.69, 9.17) is 5.73 Å². The summed E-state index contributed by atoms with van der Waals surface area (Å²) in [4.78, 5) is 12.3. The number of nitrogens with zero attached hydrogens (tertiary/aromatic N) is 3. The van der Waals surface area contributed by atoms with Gasteiger partial charge in [-0.05, 0) is 6.92 Å². The molecule has 0 amide bonds. The van der Waals surface area contributed by atoms with Gasteiger partial charge in [-0.25, -0.2) is 9.97 Å². The molecule has 0 aromatic carbocycles. The van der Waals surface area contributed by atoms with E-state index in [1.165, 1.54) is 6.20 Å². The molecule has 6 heteroatoms. The number of rotatable bonds is 3. The minimum atomic E-state index is 0.112. The highest BCUT2D eigenvalue weighted by atomic mass is 32.1. The van der Waals surface area contributed by atoms with E-state index in [0.29, 0.717) is 11.6 Å². The fourth-order valence-electron chi connectivity index (χ4n) is 1.18. The third-order valence-electron chi connectivity index (χ3n) is 1.84. The summed E-state index contributed by atoms with van der Waals surface area (Å²) in [5.41, 5.74) is 5.53. The maximum atomic E-state index is 5.53. The largest absolute Gasteiger partial charge is 0.382 e. The van der Waals surface area contributed by atoms with E-state index in [9.17, 15) is 0 Å². The van der Waals surface area contributed by atoms with E-state index < -0.39 is 0 Å². The summed E-state index contributed by atoms with van der Waals surface area (Å²) in [5.74, 6) is 1.07. The molecule has 1 unspecified atom stereocenters. The Morgan fingerprint density at radius 3 is 3.00 bits per heavy atom. The fraction of sp³-hybridized carbons (Fsp3) is 0.222. The van der Waals surface area contributed by atoms with Gasteiger partial charge in [0, 0.05) is 11.6 Å². The second kappa shape index (κ2) is 4.22. The number of nitrogen functional groups attached to an aromatic ring is 1. The first-order valence-corrected chi connectivity index (χ1v) is 5.37. The average Bonchev–Trinajstić information content (AvgIpc) is 2.70. The van der Waals surface area contributed by atoms with Crippen LogP contribution in [0.3, 0.4) is 0 Å². The van der Waals surface area contributed by atoms with Crippen LogP contribution in [-0.4, -0.2) is 15.0 Å². The van der Waals surface area contributed by atoms with Crippen molar-refractivity contribution in [2.75, 3.05) is 11.1 Å². The molecule has 78 valence electrons. The Balaban J connectivity index is 2.09. The molecule has 0 fully saturated rings. The Hall–Kier alpha value is -1.69. The van der Waals surface area contributed by atoms with Gasteiger partial charge < -0.3 is 11.1 Å². The Kier molecular flexibility index (Phi) is 2.77. The smallest absolute Gasteiger partial charge is 0.147 e. The lowest BCUT2D eigenvalue weighted by molar-refractivity contribution is 0.859. The van der Waals surface area contributed by atoms with Crippen molar-refractivity contribution in [3.05, 3.63) is 29.0 Å². The highest BCUT2D eigenvalue weighted by Gasteiger charge is 2.08. The molecule has 2 rings (SSSR count). The van der Waals surface area contributed by atoms with Gasteiger partial charge in [-0.3, -0.25) is 4.98 Å². The van der Waals surface area contributed by atoms with Crippen molar-refractivity contribution in [2.45, 2.75) is 13.0 Å². The van der Waals surface area contributed by atoms with Crippen LogP contribution in [0.2, 0.25) is 0 Å². The van der Waals surface area contributed by atoms with E-state index in [0.717, 1.165) is 5.01 Å². The van der Waals surface area contributed by atoms with Crippen LogP contribution in [0.4, 0.5) is 11.6 Å². The molecule has 15 heavy (non-hydrogen) atoms. The van der Waals surface area contributed by atoms with Gasteiger partial charge in [0.25, 0.3) is 0 Å². The van der Waals surface area contributed by atoms with Gasteiger partial charge in [0.05, 0.1) is 18.4 Å². The van der Waals surface area contributed by atoms with Crippen molar-refractivity contribution in [2.24, 2.45) is 0 Å². The fourth-order valence-corrected chi connectivity index (χ4v) is 1.83. The normalized spacial score (nSPS) is 12.3. The predicted octanol–water partition coefficient (Wildman–Crippen LogP) is 1.69. The van der Waals surface area contributed by atoms with Crippen LogP contribution in [0.15, 0.2) is 24.0 Å². The van der Waals surface area contributed by atoms with Crippen molar-refractivity contribution in [1.82, 2.24) is 15.0 Å². The van der Waals surface area contributed by atoms with E-state index >= 15 is 0 Å². The Bertz CT molecular complexity index is 428. The number of hydrogen-bond acceptors (Lipinski definition) is 6. The quantitative estimate of drug-likeness (QED) is 0.824. The summed E-state index contributed by atoms with van der Waals surface area (Å²) >= 11 is 1.60. The lowest BCUT2D eigenvalue weighted by Gasteiger charge is -2.11. The monoisotopic (exact) mass is 221 g/mol. The van der Waals surface area contributed by atoms with Crippen molar-refractivity contribution >= 4 is 23.0 Å². The van der Waals surface area contributed by atoms with Gasteiger partial charge in [-0.15, -0.1) is 11.3 Å². The Morgan fingerprint density at radius 2 is 2.33 bits per heavy atom. The van der Waals surface area contributed by atoms with E-state index in [1.807, 2.05) is 12.3 Å². The van der Waals surface area contributed by atoms with Crippen molar-refractivity contribution < 1.29 is 0 Å². The zero-order valence-electron chi connectivity index (χ0n) is 8.21. The molecule has 0 saturated carbocycles. The number of nitrogens with two attached hydrogens (primary N) is 1. The molecule has 3 N–H and O–H groups in total. The van der Waals surface area contributed by atoms with Crippen LogP contribution in [0.1, 0.15) is 18.0 Å². The lowest BCUT2D eigenvalue weighted by atomic mass is 10.3. The molecule has 1 atom stereocenters. The van der Waals surface area contributed by atoms with E-state index in [-0.39, 0.29) is 6.04 Å². The van der Waals surface area contributed by atoms with E-state index in [2.05, 4.69) is 20.3 Å². The first kappa shape index (κ1) is 9.85. The van der Waals surface area contributed by atoms with Crippen LogP contribution < -0.4 is 11.1 Å². The zero-order chi connectivity index (χ0) is 10.7. The maximum Gasteiger partial charge on any atom is 0.147 e. The number of hydrogen-bond donors (Lipinski definition) is 2. The number of nitrogens with one attached hydrogen (secondary N) is 1. The molecule has 0 radical (unpaired) electrons. The first-order valence-electron chi connectivity index (χ1n) is 4.49. The second-order valence-electron chi connectivity index (χ2n) is 3.07. The van der Waals surface area contributed by atoms with Gasteiger partial charge in [0.1, 0.15) is 16.6 Å². The summed E-state index contributed by atoms with van der Waals surface area (Å²) in [6, 6.07) is 0.112. The van der Waals surface area contributed by atoms with Gasteiger partial charge in [-0.2, -0.15) is 0 Å². The first-order chi connectivity index (χ1) is 7.25. The molecule has 0 aliphatic rings. The van der Waals surface area contributed by atoms with Crippen LogP contribution in [0, 0.1) is 0 Å². The van der Waals surface area contributed by atoms with Gasteiger partial charge in [0.2, 0.25) is 0 Å². The molecular weight excluding hydrogens is 210 g/mol. The van der Waals surface area contributed by atoms with Crippen molar-refractivity contribution in [1.29, 1.82) is 0 Å². The number of thiazole rings is 1. The standard InChI is InChI=1S/C9H11N5S/c1-6(9-12-2-3-15-9)13-8-5-11-4-7(10)14-8/h2-6H,1H3,(H3,10,13,14). The van der Waals surface area contributed by atoms with Crippen LogP contribution in [-0.2, 0) is 0 Å². The van der Waals surface area contributed by atoms with Crippen molar-refractivity contribution in [3.8, 4) is 0 Å². The molecule has 0 bridgehead atoms. The molecule has 2 aromatic heterocycles. The van der Waals surface area contributed by atoms with Crippen molar-refractivity contribution in [3.63, 3.8) is 0 Å². The van der Waals surface area contributed by atoms with Gasteiger partial charge in [-0.1, -0.05) is 0 Å². The molecular formula is C9H11N5S. The minimum Gasteiger partial charge on any atom is -0.382 e. The summed E-state index contributed by atoms with van der Waals surface area (Å²) in [5, 5.41) is 6.14. The Labute approximate surface area is 91.4 Å².